The van der Waals surface area contributed by atoms with Crippen LogP contribution in [0.3, 0.4) is 0 Å². The smallest absolute Gasteiger partial charge is 0.252 e. The molecule has 0 unspecified atom stereocenters. The molecule has 1 aromatic rings. The molecule has 2 rings (SSSR count). The van der Waals surface area contributed by atoms with E-state index in [9.17, 15) is 8.42 Å². The maximum absolute atomic E-state index is 12.3. The van der Waals surface area contributed by atoms with Crippen LogP contribution < -0.4 is 10.5 Å². The van der Waals surface area contributed by atoms with Gasteiger partial charge < -0.3 is 10.5 Å². The van der Waals surface area contributed by atoms with Crippen molar-refractivity contribution in [2.45, 2.75) is 22.6 Å². The first kappa shape index (κ1) is 14.2. The van der Waals surface area contributed by atoms with E-state index in [-0.39, 0.29) is 15.8 Å². The fourth-order valence-corrected chi connectivity index (χ4v) is 5.07. The molecule has 0 spiro atoms. The minimum absolute atomic E-state index is 0.142. The summed E-state index contributed by atoms with van der Waals surface area (Å²) in [5.41, 5.74) is 5.10. The van der Waals surface area contributed by atoms with Crippen LogP contribution in [-0.2, 0) is 14.8 Å². The van der Waals surface area contributed by atoms with Crippen molar-refractivity contribution in [1.29, 1.82) is 0 Å². The Morgan fingerprint density at radius 1 is 1.50 bits per heavy atom. The Morgan fingerprint density at radius 2 is 2.17 bits per heavy atom. The minimum Gasteiger partial charge on any atom is -0.381 e. The van der Waals surface area contributed by atoms with Gasteiger partial charge in [-0.05, 0) is 24.3 Å². The van der Waals surface area contributed by atoms with Gasteiger partial charge in [0, 0.05) is 25.3 Å². The number of sulfonamides is 1. The molecule has 1 saturated heterocycles. The van der Waals surface area contributed by atoms with Crippen LogP contribution in [0, 0.1) is 0 Å². The largest absolute Gasteiger partial charge is 0.381 e. The van der Waals surface area contributed by atoms with Gasteiger partial charge in [-0.2, -0.15) is 0 Å². The highest BCUT2D eigenvalue weighted by Crippen LogP contribution is 2.29. The van der Waals surface area contributed by atoms with E-state index >= 15 is 0 Å². The number of nitrogens with one attached hydrogen (secondary N) is 1. The van der Waals surface area contributed by atoms with Crippen molar-refractivity contribution in [3.05, 3.63) is 16.5 Å². The summed E-state index contributed by atoms with van der Waals surface area (Å²) in [6.45, 7) is 1.27. The SMILES string of the molecule is NCC1(NS(=O)(=O)c2sccc2Cl)CCOCC1. The van der Waals surface area contributed by atoms with E-state index in [1.165, 1.54) is 0 Å². The third-order valence-electron chi connectivity index (χ3n) is 3.02. The minimum atomic E-state index is -3.62. The van der Waals surface area contributed by atoms with E-state index in [1.54, 1.807) is 11.4 Å². The molecular weight excluding hydrogens is 296 g/mol. The van der Waals surface area contributed by atoms with E-state index in [2.05, 4.69) is 4.72 Å². The highest BCUT2D eigenvalue weighted by atomic mass is 35.5. The molecular formula is C10H15ClN2O3S2. The molecule has 1 aliphatic heterocycles. The summed E-state index contributed by atoms with van der Waals surface area (Å²) in [5, 5.41) is 1.89. The highest BCUT2D eigenvalue weighted by molar-refractivity contribution is 7.91. The Labute approximate surface area is 115 Å². The number of hydrogen-bond donors (Lipinski definition) is 2. The number of rotatable bonds is 4. The van der Waals surface area contributed by atoms with Crippen LogP contribution in [0.15, 0.2) is 15.7 Å². The standard InChI is InChI=1S/C10H15ClN2O3S2/c11-8-1-6-17-9(8)18(14,15)13-10(7-12)2-4-16-5-3-10/h1,6,13H,2-5,7,12H2. The first-order chi connectivity index (χ1) is 8.49. The fraction of sp³-hybridized carbons (Fsp3) is 0.600. The lowest BCUT2D eigenvalue weighted by Gasteiger charge is -2.36. The lowest BCUT2D eigenvalue weighted by molar-refractivity contribution is 0.0502. The summed E-state index contributed by atoms with van der Waals surface area (Å²) in [4.78, 5) is 0. The molecule has 5 nitrogen and oxygen atoms in total. The number of nitrogens with two attached hydrogens (primary N) is 1. The van der Waals surface area contributed by atoms with Gasteiger partial charge in [0.25, 0.3) is 10.0 Å². The van der Waals surface area contributed by atoms with Gasteiger partial charge in [-0.3, -0.25) is 0 Å². The van der Waals surface area contributed by atoms with Gasteiger partial charge in [-0.15, -0.1) is 11.3 Å². The van der Waals surface area contributed by atoms with Gasteiger partial charge >= 0.3 is 0 Å². The predicted molar refractivity (Wildman–Crippen MR) is 71.5 cm³/mol. The average molecular weight is 311 g/mol. The van der Waals surface area contributed by atoms with E-state index in [0.29, 0.717) is 26.1 Å². The van der Waals surface area contributed by atoms with Crippen molar-refractivity contribution in [2.24, 2.45) is 5.73 Å². The molecule has 0 amide bonds. The Bertz CT molecular complexity index is 509. The molecule has 0 atom stereocenters. The Morgan fingerprint density at radius 3 is 2.67 bits per heavy atom. The van der Waals surface area contributed by atoms with E-state index < -0.39 is 15.6 Å². The third kappa shape index (κ3) is 2.87. The van der Waals surface area contributed by atoms with Crippen LogP contribution in [0.1, 0.15) is 12.8 Å². The van der Waals surface area contributed by atoms with Crippen LogP contribution in [0.2, 0.25) is 5.02 Å². The summed E-state index contributed by atoms with van der Waals surface area (Å²) >= 11 is 6.97. The highest BCUT2D eigenvalue weighted by Gasteiger charge is 2.36. The topological polar surface area (TPSA) is 81.4 Å². The monoisotopic (exact) mass is 310 g/mol. The molecule has 1 aliphatic rings. The van der Waals surface area contributed by atoms with E-state index in [4.69, 9.17) is 22.1 Å². The van der Waals surface area contributed by atoms with Crippen LogP contribution in [0.5, 0.6) is 0 Å². The van der Waals surface area contributed by atoms with Crippen LogP contribution >= 0.6 is 22.9 Å². The van der Waals surface area contributed by atoms with E-state index in [1.807, 2.05) is 0 Å². The number of thiophene rings is 1. The quantitative estimate of drug-likeness (QED) is 0.875. The summed E-state index contributed by atoms with van der Waals surface area (Å²) < 4.78 is 32.6. The van der Waals surface area contributed by atoms with E-state index in [0.717, 1.165) is 11.3 Å². The zero-order valence-electron chi connectivity index (χ0n) is 9.69. The first-order valence-corrected chi connectivity index (χ1v) is 8.28. The molecule has 0 saturated carbocycles. The Kier molecular flexibility index (Phi) is 4.30. The van der Waals surface area contributed by atoms with Crippen molar-refractivity contribution >= 4 is 33.0 Å². The lowest BCUT2D eigenvalue weighted by atomic mass is 9.92. The summed E-state index contributed by atoms with van der Waals surface area (Å²) in [6.07, 6.45) is 1.15. The zero-order valence-corrected chi connectivity index (χ0v) is 12.1. The fourth-order valence-electron chi connectivity index (χ4n) is 1.91. The van der Waals surface area contributed by atoms with Crippen molar-refractivity contribution in [1.82, 2.24) is 4.72 Å². The Balaban J connectivity index is 2.24. The molecule has 102 valence electrons. The molecule has 0 aliphatic carbocycles. The van der Waals surface area contributed by atoms with Gasteiger partial charge in [-0.1, -0.05) is 11.6 Å². The second-order valence-corrected chi connectivity index (χ2v) is 7.46. The third-order valence-corrected chi connectivity index (χ3v) is 6.62. The second kappa shape index (κ2) is 5.44. The van der Waals surface area contributed by atoms with Gasteiger partial charge in [0.15, 0.2) is 4.21 Å². The molecule has 0 bridgehead atoms. The summed E-state index contributed by atoms with van der Waals surface area (Å²) in [7, 11) is -3.62. The molecule has 2 heterocycles. The molecule has 3 N–H and O–H groups in total. The number of ether oxygens (including phenoxy) is 1. The van der Waals surface area contributed by atoms with Gasteiger partial charge in [-0.25, -0.2) is 13.1 Å². The van der Waals surface area contributed by atoms with Crippen molar-refractivity contribution in [3.8, 4) is 0 Å². The summed E-state index contributed by atoms with van der Waals surface area (Å²) in [5.74, 6) is 0. The molecule has 18 heavy (non-hydrogen) atoms. The number of halogens is 1. The van der Waals surface area contributed by atoms with Gasteiger partial charge in [0.1, 0.15) is 0 Å². The molecule has 0 aromatic carbocycles. The van der Waals surface area contributed by atoms with Crippen molar-refractivity contribution in [2.75, 3.05) is 19.8 Å². The normalized spacial score (nSPS) is 19.9. The van der Waals surface area contributed by atoms with Gasteiger partial charge in [0.05, 0.1) is 5.02 Å². The molecule has 1 fully saturated rings. The molecule has 8 heteroatoms. The molecule has 1 aromatic heterocycles. The van der Waals surface area contributed by atoms with Crippen LogP contribution in [-0.4, -0.2) is 33.7 Å². The zero-order chi connectivity index (χ0) is 13.2. The van der Waals surface area contributed by atoms with Crippen LogP contribution in [0.25, 0.3) is 0 Å². The Hall–Kier alpha value is -0.180. The number of hydrogen-bond acceptors (Lipinski definition) is 5. The average Bonchev–Trinajstić information content (AvgIpc) is 2.77. The first-order valence-electron chi connectivity index (χ1n) is 5.54. The lowest BCUT2D eigenvalue weighted by Crippen LogP contribution is -2.56. The maximum atomic E-state index is 12.3. The summed E-state index contributed by atoms with van der Waals surface area (Å²) in [6, 6.07) is 1.57. The van der Waals surface area contributed by atoms with Crippen LogP contribution in [0.4, 0.5) is 0 Å². The molecule has 0 radical (unpaired) electrons. The predicted octanol–water partition coefficient (Wildman–Crippen LogP) is 1.19. The van der Waals surface area contributed by atoms with Crippen molar-refractivity contribution in [3.63, 3.8) is 0 Å². The van der Waals surface area contributed by atoms with Crippen molar-refractivity contribution < 1.29 is 13.2 Å². The van der Waals surface area contributed by atoms with Gasteiger partial charge in [0.2, 0.25) is 0 Å². The second-order valence-electron chi connectivity index (χ2n) is 4.26. The maximum Gasteiger partial charge on any atom is 0.252 e.